The fourth-order valence-electron chi connectivity index (χ4n) is 1.18. The van der Waals surface area contributed by atoms with Crippen LogP contribution in [0.1, 0.15) is 13.8 Å². The van der Waals surface area contributed by atoms with Gasteiger partial charge in [-0.15, -0.1) is 0 Å². The van der Waals surface area contributed by atoms with Gasteiger partial charge in [0.1, 0.15) is 11.6 Å². The summed E-state index contributed by atoms with van der Waals surface area (Å²) in [7, 11) is 0. The number of nitrogens with one attached hydrogen (secondary N) is 1. The van der Waals surface area contributed by atoms with E-state index in [1.807, 2.05) is 6.92 Å². The Morgan fingerprint density at radius 1 is 1.59 bits per heavy atom. The number of benzene rings is 1. The third-order valence-corrected chi connectivity index (χ3v) is 2.04. The number of hydrogen-bond acceptors (Lipinski definition) is 2. The van der Waals surface area contributed by atoms with Gasteiger partial charge in [0, 0.05) is 12.6 Å². The van der Waals surface area contributed by atoms with Crippen LogP contribution in [-0.4, -0.2) is 18.6 Å². The van der Waals surface area contributed by atoms with Crippen molar-refractivity contribution in [1.29, 1.82) is 0 Å². The minimum atomic E-state index is -0.670. The Hall–Kier alpha value is -1.84. The van der Waals surface area contributed by atoms with Gasteiger partial charge in [0.15, 0.2) is 6.10 Å². The lowest BCUT2D eigenvalue weighted by molar-refractivity contribution is -0.127. The smallest absolute Gasteiger partial charge is 0.261 e. The second-order valence-electron chi connectivity index (χ2n) is 3.89. The van der Waals surface area contributed by atoms with Gasteiger partial charge in [-0.3, -0.25) is 4.79 Å². The Balaban J connectivity index is 2.51. The Bertz CT molecular complexity index is 418. The third kappa shape index (κ3) is 4.68. The van der Waals surface area contributed by atoms with Crippen LogP contribution in [0.4, 0.5) is 4.39 Å². The summed E-state index contributed by atoms with van der Waals surface area (Å²) < 4.78 is 18.2. The minimum Gasteiger partial charge on any atom is -0.481 e. The average Bonchev–Trinajstić information content (AvgIpc) is 2.25. The lowest BCUT2D eigenvalue weighted by atomic mass is 10.3. The molecule has 0 aliphatic carbocycles. The van der Waals surface area contributed by atoms with Gasteiger partial charge in [0.2, 0.25) is 0 Å². The van der Waals surface area contributed by atoms with Gasteiger partial charge < -0.3 is 10.1 Å². The largest absolute Gasteiger partial charge is 0.481 e. The van der Waals surface area contributed by atoms with Crippen molar-refractivity contribution in [1.82, 2.24) is 5.32 Å². The summed E-state index contributed by atoms with van der Waals surface area (Å²) in [5.74, 6) is -0.308. The van der Waals surface area contributed by atoms with E-state index < -0.39 is 11.9 Å². The topological polar surface area (TPSA) is 38.3 Å². The van der Waals surface area contributed by atoms with Crippen LogP contribution in [0.2, 0.25) is 0 Å². The summed E-state index contributed by atoms with van der Waals surface area (Å²) in [4.78, 5) is 11.6. The molecular weight excluding hydrogens is 221 g/mol. The molecule has 1 aromatic rings. The molecule has 1 rings (SSSR count). The van der Waals surface area contributed by atoms with Crippen LogP contribution >= 0.6 is 0 Å². The Labute approximate surface area is 100 Å². The summed E-state index contributed by atoms with van der Waals surface area (Å²) in [6.45, 7) is 7.52. The van der Waals surface area contributed by atoms with E-state index in [9.17, 15) is 9.18 Å². The summed E-state index contributed by atoms with van der Waals surface area (Å²) in [5, 5.41) is 2.66. The zero-order valence-corrected chi connectivity index (χ0v) is 10.00. The van der Waals surface area contributed by atoms with Crippen molar-refractivity contribution in [3.63, 3.8) is 0 Å². The standard InChI is InChI=1S/C13H16FNO2/c1-9(2)8-15-13(16)10(3)17-12-6-4-5-11(14)7-12/h4-7,10H,1,8H2,2-3H3,(H,15,16). The molecule has 0 aliphatic rings. The van der Waals surface area contributed by atoms with Gasteiger partial charge in [0.05, 0.1) is 0 Å². The molecule has 17 heavy (non-hydrogen) atoms. The van der Waals surface area contributed by atoms with Crippen LogP contribution in [0.5, 0.6) is 5.75 Å². The first-order valence-corrected chi connectivity index (χ1v) is 5.33. The summed E-state index contributed by atoms with van der Waals surface area (Å²) >= 11 is 0. The monoisotopic (exact) mass is 237 g/mol. The van der Waals surface area contributed by atoms with Gasteiger partial charge in [-0.1, -0.05) is 18.2 Å². The average molecular weight is 237 g/mol. The molecule has 0 aromatic heterocycles. The number of ether oxygens (including phenoxy) is 1. The molecule has 3 nitrogen and oxygen atoms in total. The number of amides is 1. The first kappa shape index (κ1) is 13.2. The summed E-state index contributed by atoms with van der Waals surface area (Å²) in [6.07, 6.45) is -0.670. The van der Waals surface area contributed by atoms with Crippen molar-refractivity contribution in [3.05, 3.63) is 42.2 Å². The molecule has 4 heteroatoms. The summed E-state index contributed by atoms with van der Waals surface area (Å²) in [6, 6.07) is 5.69. The fourth-order valence-corrected chi connectivity index (χ4v) is 1.18. The maximum atomic E-state index is 12.9. The first-order chi connectivity index (χ1) is 7.99. The highest BCUT2D eigenvalue weighted by atomic mass is 19.1. The number of carbonyl (C=O) groups excluding carboxylic acids is 1. The molecule has 1 atom stereocenters. The quantitative estimate of drug-likeness (QED) is 0.798. The second kappa shape index (κ2) is 6.03. The van der Waals surface area contributed by atoms with Crippen molar-refractivity contribution in [2.24, 2.45) is 0 Å². The van der Waals surface area contributed by atoms with Crippen molar-refractivity contribution >= 4 is 5.91 Å². The zero-order valence-electron chi connectivity index (χ0n) is 10.00. The predicted octanol–water partition coefficient (Wildman–Crippen LogP) is 2.29. The van der Waals surface area contributed by atoms with Gasteiger partial charge in [-0.05, 0) is 26.0 Å². The maximum Gasteiger partial charge on any atom is 0.261 e. The van der Waals surface area contributed by atoms with E-state index in [0.29, 0.717) is 12.3 Å². The van der Waals surface area contributed by atoms with E-state index in [1.54, 1.807) is 13.0 Å². The summed E-state index contributed by atoms with van der Waals surface area (Å²) in [5.41, 5.74) is 0.858. The number of hydrogen-bond donors (Lipinski definition) is 1. The molecule has 0 spiro atoms. The second-order valence-corrected chi connectivity index (χ2v) is 3.89. The van der Waals surface area contributed by atoms with Crippen LogP contribution in [0.15, 0.2) is 36.4 Å². The van der Waals surface area contributed by atoms with Crippen molar-refractivity contribution in [3.8, 4) is 5.75 Å². The van der Waals surface area contributed by atoms with Crippen LogP contribution in [-0.2, 0) is 4.79 Å². The lowest BCUT2D eigenvalue weighted by Crippen LogP contribution is -2.37. The van der Waals surface area contributed by atoms with E-state index in [4.69, 9.17) is 4.74 Å². The highest BCUT2D eigenvalue weighted by Crippen LogP contribution is 2.13. The van der Waals surface area contributed by atoms with E-state index in [-0.39, 0.29) is 5.91 Å². The van der Waals surface area contributed by atoms with Gasteiger partial charge in [-0.2, -0.15) is 0 Å². The van der Waals surface area contributed by atoms with Crippen LogP contribution in [0, 0.1) is 5.82 Å². The van der Waals surface area contributed by atoms with Crippen LogP contribution in [0.25, 0.3) is 0 Å². The Morgan fingerprint density at radius 2 is 2.29 bits per heavy atom. The third-order valence-electron chi connectivity index (χ3n) is 2.04. The first-order valence-electron chi connectivity index (χ1n) is 5.33. The maximum absolute atomic E-state index is 12.9. The molecule has 0 fully saturated rings. The Morgan fingerprint density at radius 3 is 2.88 bits per heavy atom. The zero-order chi connectivity index (χ0) is 12.8. The molecule has 0 saturated heterocycles. The van der Waals surface area contributed by atoms with Gasteiger partial charge >= 0.3 is 0 Å². The molecule has 0 heterocycles. The number of carbonyl (C=O) groups is 1. The van der Waals surface area contributed by atoms with Crippen LogP contribution in [0.3, 0.4) is 0 Å². The fraction of sp³-hybridized carbons (Fsp3) is 0.308. The molecule has 92 valence electrons. The van der Waals surface area contributed by atoms with Crippen molar-refractivity contribution < 1.29 is 13.9 Å². The molecule has 1 N–H and O–H groups in total. The van der Waals surface area contributed by atoms with E-state index in [0.717, 1.165) is 5.57 Å². The molecule has 1 amide bonds. The molecule has 0 saturated carbocycles. The van der Waals surface area contributed by atoms with Crippen LogP contribution < -0.4 is 10.1 Å². The van der Waals surface area contributed by atoms with Gasteiger partial charge in [0.25, 0.3) is 5.91 Å². The molecule has 0 aliphatic heterocycles. The van der Waals surface area contributed by atoms with Crippen molar-refractivity contribution in [2.45, 2.75) is 20.0 Å². The molecule has 0 radical (unpaired) electrons. The van der Waals surface area contributed by atoms with Gasteiger partial charge in [-0.25, -0.2) is 4.39 Å². The van der Waals surface area contributed by atoms with E-state index in [2.05, 4.69) is 11.9 Å². The normalized spacial score (nSPS) is 11.7. The molecule has 1 aromatic carbocycles. The highest BCUT2D eigenvalue weighted by molar-refractivity contribution is 5.80. The molecule has 1 unspecified atom stereocenters. The predicted molar refractivity (Wildman–Crippen MR) is 64.3 cm³/mol. The SMILES string of the molecule is C=C(C)CNC(=O)C(C)Oc1cccc(F)c1. The Kier molecular flexibility index (Phi) is 4.69. The minimum absolute atomic E-state index is 0.253. The van der Waals surface area contributed by atoms with E-state index >= 15 is 0 Å². The number of halogens is 1. The van der Waals surface area contributed by atoms with Crippen molar-refractivity contribution in [2.75, 3.05) is 6.54 Å². The lowest BCUT2D eigenvalue weighted by Gasteiger charge is -2.14. The molecular formula is C13H16FNO2. The number of rotatable bonds is 5. The van der Waals surface area contributed by atoms with E-state index in [1.165, 1.54) is 18.2 Å². The molecule has 0 bridgehead atoms. The highest BCUT2D eigenvalue weighted by Gasteiger charge is 2.14.